The highest BCUT2D eigenvalue weighted by Crippen LogP contribution is 2.31. The number of carboxylic acids is 1. The van der Waals surface area contributed by atoms with Crippen LogP contribution in [0.1, 0.15) is 64.2 Å². The Morgan fingerprint density at radius 3 is 2.65 bits per heavy atom. The molecule has 0 spiro atoms. The summed E-state index contributed by atoms with van der Waals surface area (Å²) in [7, 11) is 0. The van der Waals surface area contributed by atoms with Crippen molar-refractivity contribution in [3.8, 4) is 0 Å². The predicted octanol–water partition coefficient (Wildman–Crippen LogP) is 3.61. The molecular formula is C28H39N3O6. The molecule has 4 bridgehead atoms. The van der Waals surface area contributed by atoms with E-state index in [1.807, 2.05) is 34.6 Å². The minimum absolute atomic E-state index is 0.154. The van der Waals surface area contributed by atoms with Crippen LogP contribution in [-0.4, -0.2) is 70.9 Å². The lowest BCUT2D eigenvalue weighted by atomic mass is 9.85. The number of nitrogens with one attached hydrogen (secondary N) is 1. The molecule has 2 amide bonds. The molecule has 4 rings (SSSR count). The van der Waals surface area contributed by atoms with Crippen molar-refractivity contribution in [2.75, 3.05) is 19.9 Å². The molecule has 0 aromatic heterocycles. The zero-order valence-electron chi connectivity index (χ0n) is 22.5. The molecule has 0 saturated carbocycles. The van der Waals surface area contributed by atoms with Gasteiger partial charge in [-0.25, -0.2) is 9.59 Å². The van der Waals surface area contributed by atoms with Crippen molar-refractivity contribution in [3.05, 3.63) is 41.0 Å². The number of aliphatic carboxylic acids is 1. The normalized spacial score (nSPS) is 29.5. The summed E-state index contributed by atoms with van der Waals surface area (Å²) in [5, 5.41) is 12.6. The molecule has 9 heteroatoms. The number of hydrogen-bond acceptors (Lipinski definition) is 6. The van der Waals surface area contributed by atoms with Crippen LogP contribution in [0.5, 0.6) is 0 Å². The van der Waals surface area contributed by atoms with E-state index in [9.17, 15) is 19.5 Å². The van der Waals surface area contributed by atoms with Crippen LogP contribution in [0.4, 0.5) is 4.79 Å². The Bertz CT molecular complexity index is 1080. The van der Waals surface area contributed by atoms with Gasteiger partial charge in [-0.1, -0.05) is 65.0 Å². The number of amides is 2. The van der Waals surface area contributed by atoms with E-state index in [-0.39, 0.29) is 25.0 Å². The van der Waals surface area contributed by atoms with Crippen LogP contribution in [0.25, 0.3) is 6.08 Å². The molecule has 202 valence electrons. The van der Waals surface area contributed by atoms with Gasteiger partial charge < -0.3 is 24.8 Å². The van der Waals surface area contributed by atoms with Crippen molar-refractivity contribution in [1.29, 1.82) is 0 Å². The second-order valence-corrected chi connectivity index (χ2v) is 12.3. The molecule has 3 aliphatic rings. The summed E-state index contributed by atoms with van der Waals surface area (Å²) in [6.45, 7) is 11.7. The fraction of sp³-hybridized carbons (Fsp3) is 0.607. The van der Waals surface area contributed by atoms with E-state index < -0.39 is 41.6 Å². The molecule has 1 unspecified atom stereocenters. The molecule has 2 N–H and O–H groups in total. The van der Waals surface area contributed by atoms with Crippen LogP contribution < -0.4 is 5.32 Å². The lowest BCUT2D eigenvalue weighted by Crippen LogP contribution is -2.57. The van der Waals surface area contributed by atoms with Crippen molar-refractivity contribution in [1.82, 2.24) is 15.1 Å². The maximum atomic E-state index is 13.6. The van der Waals surface area contributed by atoms with Gasteiger partial charge in [-0.05, 0) is 28.5 Å². The Balaban J connectivity index is 1.62. The number of allylic oxidation sites excluding steroid dienone is 1. The van der Waals surface area contributed by atoms with Crippen LogP contribution in [-0.2, 0) is 32.2 Å². The zero-order chi connectivity index (χ0) is 27.0. The van der Waals surface area contributed by atoms with Crippen molar-refractivity contribution in [3.63, 3.8) is 0 Å². The zero-order valence-corrected chi connectivity index (χ0v) is 22.5. The molecule has 1 aromatic rings. The third kappa shape index (κ3) is 6.33. The number of rotatable bonds is 1. The number of alkyl carbamates (subject to hydrolysis) is 1. The number of cyclic esters (lactones) is 1. The molecule has 3 heterocycles. The quantitative estimate of drug-likeness (QED) is 0.591. The number of fused-ring (bicyclic) bond motifs is 3. The van der Waals surface area contributed by atoms with E-state index in [1.165, 1.54) is 16.0 Å². The molecule has 1 saturated heterocycles. The molecule has 3 aliphatic heterocycles. The average Bonchev–Trinajstić information content (AvgIpc) is 3.43. The van der Waals surface area contributed by atoms with Gasteiger partial charge in [0.25, 0.3) is 0 Å². The number of carbonyl (C=O) groups excluding carboxylic acids is 2. The minimum Gasteiger partial charge on any atom is -0.480 e. The summed E-state index contributed by atoms with van der Waals surface area (Å²) in [6, 6.07) is 4.31. The van der Waals surface area contributed by atoms with Crippen LogP contribution >= 0.6 is 0 Å². The Morgan fingerprint density at radius 1 is 1.19 bits per heavy atom. The predicted molar refractivity (Wildman–Crippen MR) is 138 cm³/mol. The molecule has 4 atom stereocenters. The monoisotopic (exact) mass is 513 g/mol. The standard InChI is InChI=1S/C28H39N3O6/c1-27(2,3)23-24(32)31-14-20(12-22(31)25(33)34)37-17-30-13-19-9-6-8-18(21(19)15-30)10-7-11-28(4,5)16-36-26(35)29-23/h6-10,20,22-23H,11-17H2,1-5H3,(H,29,35)(H,33,34)/b10-7+/t20-,22+,23-/m1/s1. The van der Waals surface area contributed by atoms with Crippen LogP contribution in [0.3, 0.4) is 0 Å². The van der Waals surface area contributed by atoms with E-state index in [4.69, 9.17) is 9.47 Å². The number of hydrogen-bond donors (Lipinski definition) is 2. The van der Waals surface area contributed by atoms with E-state index in [0.29, 0.717) is 13.2 Å². The molecule has 0 radical (unpaired) electrons. The van der Waals surface area contributed by atoms with E-state index in [0.717, 1.165) is 18.7 Å². The summed E-state index contributed by atoms with van der Waals surface area (Å²) in [5.41, 5.74) is 2.69. The summed E-state index contributed by atoms with van der Waals surface area (Å²) >= 11 is 0. The minimum atomic E-state index is -1.08. The van der Waals surface area contributed by atoms with E-state index in [2.05, 4.69) is 40.6 Å². The van der Waals surface area contributed by atoms with Gasteiger partial charge in [-0.2, -0.15) is 0 Å². The summed E-state index contributed by atoms with van der Waals surface area (Å²) in [5.74, 6) is -1.52. The van der Waals surface area contributed by atoms with Gasteiger partial charge in [0.1, 0.15) is 18.8 Å². The fourth-order valence-corrected chi connectivity index (χ4v) is 5.17. The van der Waals surface area contributed by atoms with E-state index in [1.54, 1.807) is 0 Å². The van der Waals surface area contributed by atoms with Gasteiger partial charge in [0.15, 0.2) is 0 Å². The highest BCUT2D eigenvalue weighted by molar-refractivity contribution is 5.90. The first-order valence-corrected chi connectivity index (χ1v) is 12.9. The van der Waals surface area contributed by atoms with Gasteiger partial charge in [-0.15, -0.1) is 0 Å². The summed E-state index contributed by atoms with van der Waals surface area (Å²) in [6.07, 6.45) is 4.04. The lowest BCUT2D eigenvalue weighted by molar-refractivity contribution is -0.150. The topological polar surface area (TPSA) is 108 Å². The number of carbonyl (C=O) groups is 3. The highest BCUT2D eigenvalue weighted by atomic mass is 16.5. The second kappa shape index (κ2) is 10.5. The van der Waals surface area contributed by atoms with Crippen molar-refractivity contribution in [2.24, 2.45) is 10.8 Å². The van der Waals surface area contributed by atoms with Crippen molar-refractivity contribution >= 4 is 24.0 Å². The molecule has 1 aromatic carbocycles. The van der Waals surface area contributed by atoms with Crippen molar-refractivity contribution in [2.45, 2.75) is 78.7 Å². The number of carboxylic acid groups (broad SMARTS) is 1. The molecule has 9 nitrogen and oxygen atoms in total. The molecule has 0 aliphatic carbocycles. The van der Waals surface area contributed by atoms with Crippen molar-refractivity contribution < 1.29 is 29.0 Å². The largest absolute Gasteiger partial charge is 0.480 e. The smallest absolute Gasteiger partial charge is 0.407 e. The molecule has 1 fully saturated rings. The van der Waals surface area contributed by atoms with Gasteiger partial charge in [0, 0.05) is 31.5 Å². The van der Waals surface area contributed by atoms with Gasteiger partial charge in [0.05, 0.1) is 12.7 Å². The fourth-order valence-electron chi connectivity index (χ4n) is 5.17. The number of ether oxygens (including phenoxy) is 2. The first-order chi connectivity index (χ1) is 17.3. The Hall–Kier alpha value is -2.91. The molecular weight excluding hydrogens is 474 g/mol. The van der Waals surface area contributed by atoms with Crippen LogP contribution in [0.2, 0.25) is 0 Å². The van der Waals surface area contributed by atoms with Gasteiger partial charge in [0.2, 0.25) is 5.91 Å². The lowest BCUT2D eigenvalue weighted by Gasteiger charge is -2.34. The Labute approximate surface area is 218 Å². The first kappa shape index (κ1) is 27.1. The maximum absolute atomic E-state index is 13.6. The van der Waals surface area contributed by atoms with Gasteiger partial charge in [-0.3, -0.25) is 9.69 Å². The van der Waals surface area contributed by atoms with E-state index >= 15 is 0 Å². The average molecular weight is 514 g/mol. The highest BCUT2D eigenvalue weighted by Gasteiger charge is 2.45. The number of nitrogens with zero attached hydrogens (tertiary/aromatic N) is 2. The third-order valence-corrected chi connectivity index (χ3v) is 7.35. The Kier molecular flexibility index (Phi) is 7.67. The summed E-state index contributed by atoms with van der Waals surface area (Å²) in [4.78, 5) is 42.0. The summed E-state index contributed by atoms with van der Waals surface area (Å²) < 4.78 is 11.7. The second-order valence-electron chi connectivity index (χ2n) is 12.3. The van der Waals surface area contributed by atoms with Crippen LogP contribution in [0.15, 0.2) is 24.3 Å². The third-order valence-electron chi connectivity index (χ3n) is 7.35. The molecule has 37 heavy (non-hydrogen) atoms. The SMILES string of the molecule is CC1(C)C/C=C/c2cccc3c2CN(CO[C@@H]2C[C@@H](C(=O)O)N(C2)C(=O)[C@H](C(C)(C)C)NC(=O)OC1)C3. The Morgan fingerprint density at radius 2 is 1.95 bits per heavy atom. The van der Waals surface area contributed by atoms with Crippen LogP contribution in [0, 0.1) is 10.8 Å². The maximum Gasteiger partial charge on any atom is 0.407 e. The van der Waals surface area contributed by atoms with Gasteiger partial charge >= 0.3 is 12.1 Å². The number of benzene rings is 1. The first-order valence-electron chi connectivity index (χ1n) is 12.9.